The van der Waals surface area contributed by atoms with Crippen LogP contribution in [0.2, 0.25) is 0 Å². The smallest absolute Gasteiger partial charge is 0.260 e. The predicted octanol–water partition coefficient (Wildman–Crippen LogP) is 3.40. The van der Waals surface area contributed by atoms with Crippen molar-refractivity contribution in [1.82, 2.24) is 4.90 Å². The molecule has 1 heterocycles. The van der Waals surface area contributed by atoms with Crippen molar-refractivity contribution in [3.05, 3.63) is 51.7 Å². The van der Waals surface area contributed by atoms with Gasteiger partial charge in [-0.2, -0.15) is 0 Å². The number of amides is 1. The molecule has 0 saturated carbocycles. The van der Waals surface area contributed by atoms with Crippen molar-refractivity contribution < 1.29 is 9.53 Å². The van der Waals surface area contributed by atoms with Crippen LogP contribution in [0.4, 0.5) is 0 Å². The van der Waals surface area contributed by atoms with Crippen LogP contribution < -0.4 is 4.74 Å². The highest BCUT2D eigenvalue weighted by atomic mass is 32.1. The first-order chi connectivity index (χ1) is 9.56. The predicted molar refractivity (Wildman–Crippen MR) is 82.2 cm³/mol. The Morgan fingerprint density at radius 1 is 1.30 bits per heavy atom. The van der Waals surface area contributed by atoms with E-state index in [4.69, 9.17) is 4.74 Å². The Morgan fingerprint density at radius 3 is 2.80 bits per heavy atom. The molecule has 0 unspecified atom stereocenters. The summed E-state index contributed by atoms with van der Waals surface area (Å²) in [5.41, 5.74) is 2.18. The molecule has 0 saturated heterocycles. The highest BCUT2D eigenvalue weighted by molar-refractivity contribution is 7.09. The SMILES string of the molecule is Cc1ccc(C)c(OCC(=O)N(C)Cc2cccs2)c1. The van der Waals surface area contributed by atoms with Gasteiger partial charge in [0.1, 0.15) is 5.75 Å². The maximum atomic E-state index is 12.0. The Bertz CT molecular complexity index is 578. The van der Waals surface area contributed by atoms with E-state index >= 15 is 0 Å². The summed E-state index contributed by atoms with van der Waals surface area (Å²) in [6.07, 6.45) is 0. The molecule has 1 aromatic heterocycles. The third kappa shape index (κ3) is 3.84. The molecule has 0 bridgehead atoms. The summed E-state index contributed by atoms with van der Waals surface area (Å²) >= 11 is 1.65. The van der Waals surface area contributed by atoms with Crippen molar-refractivity contribution >= 4 is 17.2 Å². The number of hydrogen-bond acceptors (Lipinski definition) is 3. The van der Waals surface area contributed by atoms with Gasteiger partial charge in [0.05, 0.1) is 6.54 Å². The van der Waals surface area contributed by atoms with Gasteiger partial charge in [0.15, 0.2) is 6.61 Å². The van der Waals surface area contributed by atoms with Gasteiger partial charge in [0, 0.05) is 11.9 Å². The minimum absolute atomic E-state index is 0.0145. The maximum absolute atomic E-state index is 12.0. The molecule has 0 aliphatic heterocycles. The number of benzene rings is 1. The first-order valence-corrected chi connectivity index (χ1v) is 7.40. The van der Waals surface area contributed by atoms with E-state index in [-0.39, 0.29) is 12.5 Å². The van der Waals surface area contributed by atoms with Crippen LogP contribution in [0, 0.1) is 13.8 Å². The number of carbonyl (C=O) groups is 1. The summed E-state index contributed by atoms with van der Waals surface area (Å²) in [6, 6.07) is 10.0. The summed E-state index contributed by atoms with van der Waals surface area (Å²) in [7, 11) is 1.80. The lowest BCUT2D eigenvalue weighted by molar-refractivity contribution is -0.132. The molecule has 0 aliphatic carbocycles. The molecule has 106 valence electrons. The highest BCUT2D eigenvalue weighted by Crippen LogP contribution is 2.19. The first-order valence-electron chi connectivity index (χ1n) is 6.52. The lowest BCUT2D eigenvalue weighted by Crippen LogP contribution is -2.30. The van der Waals surface area contributed by atoms with Crippen molar-refractivity contribution in [1.29, 1.82) is 0 Å². The van der Waals surface area contributed by atoms with Gasteiger partial charge in [0.2, 0.25) is 0 Å². The molecule has 20 heavy (non-hydrogen) atoms. The Labute approximate surface area is 123 Å². The van der Waals surface area contributed by atoms with E-state index < -0.39 is 0 Å². The third-order valence-electron chi connectivity index (χ3n) is 3.09. The molecule has 1 aromatic carbocycles. The Kier molecular flexibility index (Phi) is 4.79. The van der Waals surface area contributed by atoms with Crippen molar-refractivity contribution in [3.63, 3.8) is 0 Å². The third-order valence-corrected chi connectivity index (χ3v) is 3.95. The summed E-state index contributed by atoms with van der Waals surface area (Å²) in [6.45, 7) is 4.70. The van der Waals surface area contributed by atoms with Gasteiger partial charge >= 0.3 is 0 Å². The summed E-state index contributed by atoms with van der Waals surface area (Å²) in [5.74, 6) is 0.766. The minimum Gasteiger partial charge on any atom is -0.483 e. The number of rotatable bonds is 5. The molecule has 0 radical (unpaired) electrons. The fraction of sp³-hybridized carbons (Fsp3) is 0.312. The van der Waals surface area contributed by atoms with E-state index in [9.17, 15) is 4.79 Å². The van der Waals surface area contributed by atoms with Crippen molar-refractivity contribution in [2.24, 2.45) is 0 Å². The van der Waals surface area contributed by atoms with E-state index in [1.165, 1.54) is 4.88 Å². The van der Waals surface area contributed by atoms with E-state index in [1.807, 2.05) is 49.6 Å². The van der Waals surface area contributed by atoms with E-state index in [0.717, 1.165) is 16.9 Å². The number of carbonyl (C=O) groups excluding carboxylic acids is 1. The average Bonchev–Trinajstić information content (AvgIpc) is 2.92. The maximum Gasteiger partial charge on any atom is 0.260 e. The number of hydrogen-bond donors (Lipinski definition) is 0. The second-order valence-corrected chi connectivity index (χ2v) is 5.92. The van der Waals surface area contributed by atoms with Crippen LogP contribution >= 0.6 is 11.3 Å². The van der Waals surface area contributed by atoms with Crippen LogP contribution in [-0.4, -0.2) is 24.5 Å². The minimum atomic E-state index is -0.0145. The standard InChI is InChI=1S/C16H19NO2S/c1-12-6-7-13(2)15(9-12)19-11-16(18)17(3)10-14-5-4-8-20-14/h4-9H,10-11H2,1-3H3. The first kappa shape index (κ1) is 14.6. The number of likely N-dealkylation sites (N-methyl/N-ethyl adjacent to an activating group) is 1. The number of thiophene rings is 1. The average molecular weight is 289 g/mol. The zero-order chi connectivity index (χ0) is 14.5. The quantitative estimate of drug-likeness (QED) is 0.844. The number of aryl methyl sites for hydroxylation is 2. The molecule has 0 atom stereocenters. The lowest BCUT2D eigenvalue weighted by atomic mass is 10.1. The second-order valence-electron chi connectivity index (χ2n) is 4.89. The summed E-state index contributed by atoms with van der Waals surface area (Å²) in [5, 5.41) is 2.01. The van der Waals surface area contributed by atoms with Crippen LogP contribution in [0.15, 0.2) is 35.7 Å². The molecular formula is C16H19NO2S. The van der Waals surface area contributed by atoms with Crippen molar-refractivity contribution in [2.45, 2.75) is 20.4 Å². The molecule has 4 heteroatoms. The Hall–Kier alpha value is -1.81. The van der Waals surface area contributed by atoms with Gasteiger partial charge in [-0.05, 0) is 42.5 Å². The number of ether oxygens (including phenoxy) is 1. The van der Waals surface area contributed by atoms with Gasteiger partial charge in [-0.3, -0.25) is 4.79 Å². The fourth-order valence-corrected chi connectivity index (χ4v) is 2.59. The molecule has 2 aromatic rings. The fourth-order valence-electron chi connectivity index (χ4n) is 1.84. The van der Waals surface area contributed by atoms with Gasteiger partial charge in [-0.15, -0.1) is 11.3 Å². The molecule has 0 aliphatic rings. The molecule has 3 nitrogen and oxygen atoms in total. The zero-order valence-electron chi connectivity index (χ0n) is 12.1. The van der Waals surface area contributed by atoms with Crippen LogP contribution in [0.25, 0.3) is 0 Å². The summed E-state index contributed by atoms with van der Waals surface area (Å²) < 4.78 is 5.63. The van der Waals surface area contributed by atoms with E-state index in [0.29, 0.717) is 6.54 Å². The van der Waals surface area contributed by atoms with Crippen LogP contribution in [0.3, 0.4) is 0 Å². The van der Waals surface area contributed by atoms with Crippen LogP contribution in [0.1, 0.15) is 16.0 Å². The molecular weight excluding hydrogens is 270 g/mol. The topological polar surface area (TPSA) is 29.5 Å². The number of nitrogens with zero attached hydrogens (tertiary/aromatic N) is 1. The molecule has 0 N–H and O–H groups in total. The molecule has 0 fully saturated rings. The second kappa shape index (κ2) is 6.57. The van der Waals surface area contributed by atoms with Gasteiger partial charge in [-0.1, -0.05) is 18.2 Å². The molecule has 0 spiro atoms. The van der Waals surface area contributed by atoms with Crippen LogP contribution in [0.5, 0.6) is 5.75 Å². The largest absolute Gasteiger partial charge is 0.483 e. The van der Waals surface area contributed by atoms with Crippen molar-refractivity contribution in [3.8, 4) is 5.75 Å². The van der Waals surface area contributed by atoms with Gasteiger partial charge < -0.3 is 9.64 Å². The Balaban J connectivity index is 1.89. The summed E-state index contributed by atoms with van der Waals surface area (Å²) in [4.78, 5) is 14.9. The monoisotopic (exact) mass is 289 g/mol. The highest BCUT2D eigenvalue weighted by Gasteiger charge is 2.11. The van der Waals surface area contributed by atoms with E-state index in [2.05, 4.69) is 0 Å². The lowest BCUT2D eigenvalue weighted by Gasteiger charge is -2.17. The zero-order valence-corrected chi connectivity index (χ0v) is 12.9. The van der Waals surface area contributed by atoms with Crippen molar-refractivity contribution in [2.75, 3.05) is 13.7 Å². The van der Waals surface area contributed by atoms with Gasteiger partial charge in [0.25, 0.3) is 5.91 Å². The normalized spacial score (nSPS) is 10.3. The Morgan fingerprint density at radius 2 is 2.10 bits per heavy atom. The molecule has 1 amide bonds. The van der Waals surface area contributed by atoms with Crippen LogP contribution in [-0.2, 0) is 11.3 Å². The van der Waals surface area contributed by atoms with E-state index in [1.54, 1.807) is 23.3 Å². The molecule has 2 rings (SSSR count). The van der Waals surface area contributed by atoms with Gasteiger partial charge in [-0.25, -0.2) is 0 Å².